The van der Waals surface area contributed by atoms with Crippen molar-refractivity contribution in [3.63, 3.8) is 0 Å². The molecule has 13 N–H and O–H groups in total. The second kappa shape index (κ2) is 21.6. The average Bonchev–Trinajstić information content (AvgIpc) is 2.98. The number of primary amides is 1. The zero-order chi connectivity index (χ0) is 38.2. The van der Waals surface area contributed by atoms with E-state index in [2.05, 4.69) is 31.9 Å². The van der Waals surface area contributed by atoms with Gasteiger partial charge in [-0.1, -0.05) is 27.7 Å². The molecule has 0 saturated carbocycles. The molecule has 0 saturated heterocycles. The summed E-state index contributed by atoms with van der Waals surface area (Å²) < 4.78 is 0. The monoisotopic (exact) mass is 702 g/mol. The van der Waals surface area contributed by atoms with Gasteiger partial charge in [0.2, 0.25) is 41.4 Å². The van der Waals surface area contributed by atoms with Gasteiger partial charge in [-0.2, -0.15) is 0 Å². The summed E-state index contributed by atoms with van der Waals surface area (Å²) in [6, 6.07) is -9.42. The Morgan fingerprint density at radius 3 is 1.41 bits per heavy atom. The van der Waals surface area contributed by atoms with Crippen LogP contribution >= 0.6 is 0 Å². The molecule has 8 atom stereocenters. The van der Waals surface area contributed by atoms with Crippen LogP contribution < -0.4 is 43.4 Å². The van der Waals surface area contributed by atoms with Crippen molar-refractivity contribution in [2.24, 2.45) is 23.3 Å². The number of carboxylic acid groups (broad SMARTS) is 1. The first-order chi connectivity index (χ1) is 22.6. The highest BCUT2D eigenvalue weighted by molar-refractivity contribution is 5.97. The lowest BCUT2D eigenvalue weighted by Gasteiger charge is -2.28. The topological polar surface area (TPSA) is 321 Å². The molecule has 0 aromatic heterocycles. The summed E-state index contributed by atoms with van der Waals surface area (Å²) in [5.74, 6) is -7.73. The number of amides is 7. The van der Waals surface area contributed by atoms with Crippen molar-refractivity contribution >= 4 is 47.3 Å². The normalized spacial score (nSPS) is 16.1. The molecule has 0 aliphatic heterocycles. The van der Waals surface area contributed by atoms with Crippen LogP contribution in [0.2, 0.25) is 0 Å². The molecule has 0 radical (unpaired) electrons. The largest absolute Gasteiger partial charge is 0.480 e. The molecule has 0 fully saturated rings. The molecule has 0 heterocycles. The minimum Gasteiger partial charge on any atom is -0.480 e. The number of hydrogen-bond acceptors (Lipinski definition) is 11. The van der Waals surface area contributed by atoms with E-state index in [1.807, 2.05) is 0 Å². The lowest BCUT2D eigenvalue weighted by molar-refractivity contribution is -0.142. The lowest BCUT2D eigenvalue weighted by atomic mass is 10.0. The first-order valence-corrected chi connectivity index (χ1v) is 16.0. The Hall–Kier alpha value is -4.36. The highest BCUT2D eigenvalue weighted by Crippen LogP contribution is 2.09. The molecule has 19 nitrogen and oxygen atoms in total. The number of carboxylic acids is 1. The number of carbonyl (C=O) groups is 8. The second-order valence-electron chi connectivity index (χ2n) is 12.8. The van der Waals surface area contributed by atoms with Gasteiger partial charge in [-0.3, -0.25) is 38.4 Å². The van der Waals surface area contributed by atoms with Crippen LogP contribution in [0.4, 0.5) is 0 Å². The Labute approximate surface area is 285 Å². The van der Waals surface area contributed by atoms with Crippen LogP contribution in [0.1, 0.15) is 74.1 Å². The molecule has 0 rings (SSSR count). The number of aliphatic hydroxyl groups excluding tert-OH is 2. The fraction of sp³-hybridized carbons (Fsp3) is 0.733. The Bertz CT molecular complexity index is 1180. The summed E-state index contributed by atoms with van der Waals surface area (Å²) >= 11 is 0. The minimum atomic E-state index is -1.68. The van der Waals surface area contributed by atoms with Crippen LogP contribution in [0.25, 0.3) is 0 Å². The number of carbonyl (C=O) groups excluding carboxylic acids is 7. The van der Waals surface area contributed by atoms with E-state index in [0.717, 1.165) is 0 Å². The molecule has 280 valence electrons. The van der Waals surface area contributed by atoms with Crippen molar-refractivity contribution in [2.75, 3.05) is 6.61 Å². The van der Waals surface area contributed by atoms with Gasteiger partial charge < -0.3 is 58.7 Å². The third-order valence-corrected chi connectivity index (χ3v) is 7.01. The summed E-state index contributed by atoms with van der Waals surface area (Å²) in [7, 11) is 0. The maximum Gasteiger partial charge on any atom is 0.325 e. The smallest absolute Gasteiger partial charge is 0.325 e. The average molecular weight is 703 g/mol. The number of aliphatic carboxylic acids is 1. The van der Waals surface area contributed by atoms with Gasteiger partial charge >= 0.3 is 5.97 Å². The summed E-state index contributed by atoms with van der Waals surface area (Å²) in [5, 5.41) is 43.5. The Balaban J connectivity index is 5.93. The molecular weight excluding hydrogens is 648 g/mol. The van der Waals surface area contributed by atoms with Crippen molar-refractivity contribution in [1.82, 2.24) is 31.9 Å². The van der Waals surface area contributed by atoms with Crippen molar-refractivity contribution in [2.45, 2.75) is 123 Å². The molecule has 0 unspecified atom stereocenters. The van der Waals surface area contributed by atoms with E-state index in [1.165, 1.54) is 20.8 Å². The fourth-order valence-electron chi connectivity index (χ4n) is 4.30. The van der Waals surface area contributed by atoms with Gasteiger partial charge in [-0.05, 0) is 51.9 Å². The van der Waals surface area contributed by atoms with E-state index < -0.39 is 102 Å². The highest BCUT2D eigenvalue weighted by atomic mass is 16.4. The summed E-state index contributed by atoms with van der Waals surface area (Å²) in [4.78, 5) is 100. The van der Waals surface area contributed by atoms with Gasteiger partial charge in [-0.25, -0.2) is 0 Å². The van der Waals surface area contributed by atoms with Gasteiger partial charge in [0.25, 0.3) is 0 Å². The molecule has 7 amide bonds. The van der Waals surface area contributed by atoms with Crippen LogP contribution in [0.5, 0.6) is 0 Å². The van der Waals surface area contributed by atoms with E-state index >= 15 is 0 Å². The molecule has 0 spiro atoms. The van der Waals surface area contributed by atoms with E-state index in [1.54, 1.807) is 27.7 Å². The highest BCUT2D eigenvalue weighted by Gasteiger charge is 2.35. The quantitative estimate of drug-likeness (QED) is 0.0516. The Kier molecular flexibility index (Phi) is 19.7. The third kappa shape index (κ3) is 17.0. The molecule has 0 aliphatic carbocycles. The molecular formula is C30H54N8O11. The predicted molar refractivity (Wildman–Crippen MR) is 175 cm³/mol. The number of nitrogens with one attached hydrogen (secondary N) is 6. The summed E-state index contributed by atoms with van der Waals surface area (Å²) in [6.45, 7) is 9.81. The maximum absolute atomic E-state index is 13.3. The molecule has 0 bridgehead atoms. The standard InChI is InChI=1S/C30H54N8O11/c1-13(2)10-19(26(44)33-16(6)30(48)49)36-29(47)23(17(7)40)38-28(46)21(12-39)37-27(45)20(11-14(3)4)35-25(43)18(8-9-22(32)41)34-24(42)15(5)31/h13-21,23,39-40H,8-12,31H2,1-7H3,(H2,32,41)(H,33,44)(H,34,42)(H,35,43)(H,36,47)(H,37,45)(H,38,46)(H,48,49)/t15-,16-,17+,18-,19-,20-,21-,23-/m0/s1. The van der Waals surface area contributed by atoms with Crippen LogP contribution in [0.15, 0.2) is 0 Å². The number of aliphatic hydroxyl groups is 2. The maximum atomic E-state index is 13.3. The van der Waals surface area contributed by atoms with Gasteiger partial charge in [0.05, 0.1) is 18.8 Å². The van der Waals surface area contributed by atoms with Crippen LogP contribution in [0.3, 0.4) is 0 Å². The molecule has 0 aromatic rings. The van der Waals surface area contributed by atoms with E-state index in [9.17, 15) is 48.6 Å². The fourth-order valence-corrected chi connectivity index (χ4v) is 4.30. The van der Waals surface area contributed by atoms with Crippen molar-refractivity contribution in [3.8, 4) is 0 Å². The van der Waals surface area contributed by atoms with Crippen LogP contribution in [0, 0.1) is 11.8 Å². The first kappa shape index (κ1) is 44.6. The zero-order valence-corrected chi connectivity index (χ0v) is 29.1. The van der Waals surface area contributed by atoms with Gasteiger partial charge in [0.15, 0.2) is 0 Å². The second-order valence-corrected chi connectivity index (χ2v) is 12.8. The Morgan fingerprint density at radius 1 is 0.592 bits per heavy atom. The first-order valence-electron chi connectivity index (χ1n) is 16.0. The summed E-state index contributed by atoms with van der Waals surface area (Å²) in [5.41, 5.74) is 10.8. The number of rotatable bonds is 22. The zero-order valence-electron chi connectivity index (χ0n) is 29.1. The number of nitrogens with two attached hydrogens (primary N) is 2. The lowest BCUT2D eigenvalue weighted by Crippen LogP contribution is -2.62. The van der Waals surface area contributed by atoms with Crippen LogP contribution in [-0.4, -0.2) is 118 Å². The molecule has 0 aromatic carbocycles. The molecule has 19 heteroatoms. The van der Waals surface area contributed by atoms with E-state index in [-0.39, 0.29) is 37.5 Å². The summed E-state index contributed by atoms with van der Waals surface area (Å²) in [6.07, 6.45) is -1.87. The Morgan fingerprint density at radius 2 is 1.00 bits per heavy atom. The van der Waals surface area contributed by atoms with Crippen LogP contribution in [-0.2, 0) is 38.4 Å². The molecule has 0 aliphatic rings. The predicted octanol–water partition coefficient (Wildman–Crippen LogP) is -3.92. The third-order valence-electron chi connectivity index (χ3n) is 7.01. The van der Waals surface area contributed by atoms with Crippen molar-refractivity contribution in [1.29, 1.82) is 0 Å². The van der Waals surface area contributed by atoms with Crippen molar-refractivity contribution < 1.29 is 53.7 Å². The number of hydrogen-bond donors (Lipinski definition) is 11. The van der Waals surface area contributed by atoms with E-state index in [4.69, 9.17) is 16.6 Å². The van der Waals surface area contributed by atoms with Gasteiger partial charge in [0.1, 0.15) is 36.3 Å². The molecule has 49 heavy (non-hydrogen) atoms. The van der Waals surface area contributed by atoms with Crippen molar-refractivity contribution in [3.05, 3.63) is 0 Å². The van der Waals surface area contributed by atoms with E-state index in [0.29, 0.717) is 0 Å². The van der Waals surface area contributed by atoms with Gasteiger partial charge in [0, 0.05) is 6.42 Å². The SMILES string of the molecule is CC(C)C[C@H](NC(=O)[C@H](CCC(N)=O)NC(=O)[C@H](C)N)C(=O)N[C@@H](CO)C(=O)N[C@H](C(=O)N[C@@H](CC(C)C)C(=O)N[C@@H](C)C(=O)O)[C@@H](C)O. The van der Waals surface area contributed by atoms with Gasteiger partial charge in [-0.15, -0.1) is 0 Å². The minimum absolute atomic E-state index is 0.0413.